The number of aromatic amines is 1. The van der Waals surface area contributed by atoms with Gasteiger partial charge in [0.15, 0.2) is 5.78 Å². The molecule has 0 atom stereocenters. The number of nitrogens with one attached hydrogen (secondary N) is 2. The largest absolute Gasteiger partial charge is 0.514 e. The van der Waals surface area contributed by atoms with Crippen molar-refractivity contribution in [3.05, 3.63) is 23.8 Å². The number of ether oxygens (including phenoxy) is 2. The summed E-state index contributed by atoms with van der Waals surface area (Å²) in [5.41, 5.74) is 0.756. The number of hydrogen-bond donors (Lipinski definition) is 3. The Morgan fingerprint density at radius 3 is 2.65 bits per heavy atom. The molecule has 3 N–H and O–H groups in total. The SMILES string of the molecule is COC(=O)Oc1cc2c(C(=O)CNC(C)C)ccc(O)c2[nH]1.Cl. The minimum absolute atomic E-state index is 0. The molecule has 0 saturated carbocycles. The van der Waals surface area contributed by atoms with Crippen molar-refractivity contribution in [1.29, 1.82) is 0 Å². The van der Waals surface area contributed by atoms with Gasteiger partial charge in [0.05, 0.1) is 19.2 Å². The van der Waals surface area contributed by atoms with Gasteiger partial charge in [-0.1, -0.05) is 13.8 Å². The summed E-state index contributed by atoms with van der Waals surface area (Å²) in [6, 6.07) is 4.62. The Bertz CT molecular complexity index is 711. The first kappa shape index (κ1) is 18.8. The summed E-state index contributed by atoms with van der Waals surface area (Å²) in [6.07, 6.45) is -0.889. The van der Waals surface area contributed by atoms with Crippen LogP contribution in [0.1, 0.15) is 24.2 Å². The number of rotatable bonds is 5. The Balaban J connectivity index is 0.00000264. The van der Waals surface area contributed by atoms with Gasteiger partial charge in [-0.15, -0.1) is 12.4 Å². The molecule has 0 aliphatic rings. The molecule has 126 valence electrons. The maximum Gasteiger partial charge on any atom is 0.514 e. The lowest BCUT2D eigenvalue weighted by Gasteiger charge is -2.08. The van der Waals surface area contributed by atoms with Crippen LogP contribution in [0.2, 0.25) is 0 Å². The van der Waals surface area contributed by atoms with Crippen molar-refractivity contribution in [1.82, 2.24) is 10.3 Å². The topological polar surface area (TPSA) is 101 Å². The molecule has 0 aliphatic carbocycles. The van der Waals surface area contributed by atoms with E-state index in [2.05, 4.69) is 15.0 Å². The minimum atomic E-state index is -0.889. The van der Waals surface area contributed by atoms with E-state index in [0.29, 0.717) is 16.5 Å². The maximum atomic E-state index is 12.3. The molecular formula is C15H19ClN2O5. The van der Waals surface area contributed by atoms with Gasteiger partial charge in [-0.05, 0) is 12.1 Å². The van der Waals surface area contributed by atoms with Crippen molar-refractivity contribution in [3.63, 3.8) is 0 Å². The van der Waals surface area contributed by atoms with Gasteiger partial charge in [-0.3, -0.25) is 4.79 Å². The van der Waals surface area contributed by atoms with E-state index in [0.717, 1.165) is 0 Å². The molecule has 7 nitrogen and oxygen atoms in total. The first-order chi connectivity index (χ1) is 10.4. The van der Waals surface area contributed by atoms with Gasteiger partial charge in [0, 0.05) is 23.1 Å². The molecule has 0 aliphatic heterocycles. The van der Waals surface area contributed by atoms with Gasteiger partial charge < -0.3 is 24.9 Å². The second-order valence-corrected chi connectivity index (χ2v) is 5.07. The number of aromatic nitrogens is 1. The van der Waals surface area contributed by atoms with Crippen LogP contribution in [-0.4, -0.2) is 41.7 Å². The molecule has 23 heavy (non-hydrogen) atoms. The van der Waals surface area contributed by atoms with Gasteiger partial charge >= 0.3 is 6.16 Å². The normalized spacial score (nSPS) is 10.4. The average Bonchev–Trinajstić information content (AvgIpc) is 2.89. The summed E-state index contributed by atoms with van der Waals surface area (Å²) < 4.78 is 9.28. The highest BCUT2D eigenvalue weighted by Gasteiger charge is 2.17. The van der Waals surface area contributed by atoms with E-state index >= 15 is 0 Å². The monoisotopic (exact) mass is 342 g/mol. The number of phenols is 1. The fourth-order valence-electron chi connectivity index (χ4n) is 2.00. The van der Waals surface area contributed by atoms with Crippen molar-refractivity contribution in [3.8, 4) is 11.6 Å². The third-order valence-corrected chi connectivity index (χ3v) is 3.08. The van der Waals surface area contributed by atoms with Gasteiger partial charge in [0.1, 0.15) is 5.75 Å². The van der Waals surface area contributed by atoms with Gasteiger partial charge in [0.25, 0.3) is 0 Å². The predicted octanol–water partition coefficient (Wildman–Crippen LogP) is 2.62. The summed E-state index contributed by atoms with van der Waals surface area (Å²) in [7, 11) is 1.19. The van der Waals surface area contributed by atoms with Crippen LogP contribution >= 0.6 is 12.4 Å². The number of phenolic OH excluding ortho intramolecular Hbond substituents is 1. The zero-order valence-electron chi connectivity index (χ0n) is 13.0. The van der Waals surface area contributed by atoms with Crippen LogP contribution in [-0.2, 0) is 4.74 Å². The van der Waals surface area contributed by atoms with Gasteiger partial charge in [-0.2, -0.15) is 0 Å². The van der Waals surface area contributed by atoms with Crippen LogP contribution in [0.15, 0.2) is 18.2 Å². The fourth-order valence-corrected chi connectivity index (χ4v) is 2.00. The van der Waals surface area contributed by atoms with Gasteiger partial charge in [-0.25, -0.2) is 4.79 Å². The van der Waals surface area contributed by atoms with Crippen LogP contribution in [0, 0.1) is 0 Å². The third-order valence-electron chi connectivity index (χ3n) is 3.08. The number of methoxy groups -OCH3 is 1. The zero-order chi connectivity index (χ0) is 16.3. The molecule has 2 aromatic rings. The van der Waals surface area contributed by atoms with E-state index < -0.39 is 6.16 Å². The van der Waals surface area contributed by atoms with Gasteiger partial charge in [0.2, 0.25) is 5.88 Å². The molecule has 0 fully saturated rings. The Morgan fingerprint density at radius 2 is 2.04 bits per heavy atom. The number of halogens is 1. The number of carbonyl (C=O) groups excluding carboxylic acids is 2. The van der Waals surface area contributed by atoms with Crippen molar-refractivity contribution < 1.29 is 24.2 Å². The lowest BCUT2D eigenvalue weighted by atomic mass is 10.1. The van der Waals surface area contributed by atoms with Crippen LogP contribution in [0.4, 0.5) is 4.79 Å². The molecule has 0 unspecified atom stereocenters. The number of Topliss-reactive ketones (excluding diaryl/α,β-unsaturated/α-hetero) is 1. The molecule has 0 radical (unpaired) electrons. The minimum Gasteiger partial charge on any atom is -0.506 e. The number of aromatic hydroxyl groups is 1. The Kier molecular flexibility index (Phi) is 6.41. The Labute approximate surface area is 139 Å². The smallest absolute Gasteiger partial charge is 0.506 e. The second kappa shape index (κ2) is 7.85. The zero-order valence-corrected chi connectivity index (χ0v) is 13.8. The number of hydrogen-bond acceptors (Lipinski definition) is 6. The average molecular weight is 343 g/mol. The Hall–Kier alpha value is -2.25. The first-order valence-corrected chi connectivity index (χ1v) is 6.79. The second-order valence-electron chi connectivity index (χ2n) is 5.07. The standard InChI is InChI=1S/C15H18N2O5.ClH/c1-8(2)16-7-12(19)9-4-5-11(18)14-10(9)6-13(17-14)22-15(20)21-3;/h4-6,8,16-18H,7H2,1-3H3;1H. The molecule has 2 rings (SSSR count). The predicted molar refractivity (Wildman–Crippen MR) is 87.7 cm³/mol. The van der Waals surface area contributed by atoms with Crippen LogP contribution in [0.5, 0.6) is 11.6 Å². The summed E-state index contributed by atoms with van der Waals surface area (Å²) in [4.78, 5) is 26.2. The fraction of sp³-hybridized carbons (Fsp3) is 0.333. The molecule has 1 heterocycles. The molecule has 1 aromatic heterocycles. The van der Waals surface area contributed by atoms with E-state index in [9.17, 15) is 14.7 Å². The van der Waals surface area contributed by atoms with Crippen molar-refractivity contribution in [2.45, 2.75) is 19.9 Å². The molecule has 0 amide bonds. The highest BCUT2D eigenvalue weighted by Crippen LogP contribution is 2.31. The molecule has 0 saturated heterocycles. The summed E-state index contributed by atoms with van der Waals surface area (Å²) in [6.45, 7) is 4.06. The molecule has 1 aromatic carbocycles. The van der Waals surface area contributed by atoms with E-state index in [1.54, 1.807) is 0 Å². The number of ketones is 1. The summed E-state index contributed by atoms with van der Waals surface area (Å²) in [5.74, 6) is -0.0698. The number of carbonyl (C=O) groups is 2. The van der Waals surface area contributed by atoms with Crippen molar-refractivity contribution >= 4 is 35.2 Å². The molecular weight excluding hydrogens is 324 g/mol. The van der Waals surface area contributed by atoms with Crippen LogP contribution < -0.4 is 10.1 Å². The third kappa shape index (κ3) is 4.37. The molecule has 8 heteroatoms. The highest BCUT2D eigenvalue weighted by molar-refractivity contribution is 6.10. The first-order valence-electron chi connectivity index (χ1n) is 6.79. The van der Waals surface area contributed by atoms with E-state index in [4.69, 9.17) is 4.74 Å². The lowest BCUT2D eigenvalue weighted by Crippen LogP contribution is -2.29. The lowest BCUT2D eigenvalue weighted by molar-refractivity contribution is 0.0990. The quantitative estimate of drug-likeness (QED) is 0.570. The summed E-state index contributed by atoms with van der Waals surface area (Å²) in [5, 5.41) is 13.4. The van der Waals surface area contributed by atoms with Crippen LogP contribution in [0.25, 0.3) is 10.9 Å². The molecule has 0 spiro atoms. The van der Waals surface area contributed by atoms with Crippen molar-refractivity contribution in [2.24, 2.45) is 0 Å². The molecule has 0 bridgehead atoms. The maximum absolute atomic E-state index is 12.3. The number of fused-ring (bicyclic) bond motifs is 1. The Morgan fingerprint density at radius 1 is 1.35 bits per heavy atom. The van der Waals surface area contributed by atoms with Crippen molar-refractivity contribution in [2.75, 3.05) is 13.7 Å². The number of H-pyrrole nitrogens is 1. The number of benzene rings is 1. The van der Waals surface area contributed by atoms with E-state index in [-0.39, 0.29) is 42.4 Å². The van der Waals surface area contributed by atoms with E-state index in [1.807, 2.05) is 13.8 Å². The van der Waals surface area contributed by atoms with Crippen LogP contribution in [0.3, 0.4) is 0 Å². The summed E-state index contributed by atoms with van der Waals surface area (Å²) >= 11 is 0. The highest BCUT2D eigenvalue weighted by atomic mass is 35.5. The van der Waals surface area contributed by atoms with E-state index in [1.165, 1.54) is 25.3 Å².